The lowest BCUT2D eigenvalue weighted by Gasteiger charge is -2.23. The summed E-state index contributed by atoms with van der Waals surface area (Å²) in [5, 5.41) is 9.09. The fourth-order valence-corrected chi connectivity index (χ4v) is 1.48. The summed E-state index contributed by atoms with van der Waals surface area (Å²) in [5.74, 6) is -6.30. The van der Waals surface area contributed by atoms with Crippen molar-refractivity contribution in [3.8, 4) is 0 Å². The first-order chi connectivity index (χ1) is 9.12. The van der Waals surface area contributed by atoms with Gasteiger partial charge in [-0.1, -0.05) is 0 Å². The molecule has 1 unspecified atom stereocenters. The molecule has 114 valence electrons. The summed E-state index contributed by atoms with van der Waals surface area (Å²) < 4.78 is 19.5. The minimum absolute atomic E-state index is 0.0440. The van der Waals surface area contributed by atoms with E-state index < -0.39 is 42.0 Å². The van der Waals surface area contributed by atoms with E-state index in [1.165, 1.54) is 6.92 Å². The molecule has 1 N–H and O–H groups in total. The van der Waals surface area contributed by atoms with Crippen molar-refractivity contribution in [2.24, 2.45) is 0 Å². The molecule has 1 rings (SSSR count). The van der Waals surface area contributed by atoms with Crippen molar-refractivity contribution in [1.29, 1.82) is 0 Å². The fourth-order valence-electron chi connectivity index (χ4n) is 1.48. The number of hydrogen-bond donors (Lipinski definition) is 1. The van der Waals surface area contributed by atoms with Gasteiger partial charge in [-0.15, -0.1) is 0 Å². The second-order valence-electron chi connectivity index (χ2n) is 5.09. The van der Waals surface area contributed by atoms with Crippen LogP contribution in [0.5, 0.6) is 0 Å². The van der Waals surface area contributed by atoms with Crippen LogP contribution >= 0.6 is 0 Å². The quantitative estimate of drug-likeness (QED) is 0.573. The Kier molecular flexibility index (Phi) is 4.72. The molecule has 0 amide bonds. The van der Waals surface area contributed by atoms with Gasteiger partial charge < -0.3 is 24.1 Å². The molecule has 0 aromatic carbocycles. The molecule has 2 atom stereocenters. The summed E-state index contributed by atoms with van der Waals surface area (Å²) in [7, 11) is 0. The summed E-state index contributed by atoms with van der Waals surface area (Å²) in [4.78, 5) is 34.6. The molecule has 0 aliphatic carbocycles. The smallest absolute Gasteiger partial charge is 0.379 e. The minimum atomic E-state index is -2.61. The van der Waals surface area contributed by atoms with E-state index in [0.29, 0.717) is 0 Å². The average Bonchev–Trinajstić information content (AvgIpc) is 2.73. The van der Waals surface area contributed by atoms with Crippen LogP contribution < -0.4 is 0 Å². The molecular formula is C12H18O8. The van der Waals surface area contributed by atoms with Gasteiger partial charge in [0.1, 0.15) is 5.60 Å². The van der Waals surface area contributed by atoms with E-state index in [4.69, 9.17) is 19.3 Å². The van der Waals surface area contributed by atoms with E-state index in [2.05, 4.69) is 4.74 Å². The molecule has 1 heterocycles. The zero-order chi connectivity index (χ0) is 15.6. The summed E-state index contributed by atoms with van der Waals surface area (Å²) in [5.41, 5.74) is -0.765. The standard InChI is InChI=1S/C12H18O8/c1-5-17-10(16)12(9(14)15)18-6-7(19-12)8(13)20-11(2,3)4/h7H,5-6H2,1-4H3,(H,14,15)/t7-,12?/m1/s1. The van der Waals surface area contributed by atoms with Gasteiger partial charge in [-0.3, -0.25) is 0 Å². The number of carbonyl (C=O) groups is 3. The molecule has 1 fully saturated rings. The Balaban J connectivity index is 2.83. The summed E-state index contributed by atoms with van der Waals surface area (Å²) in [6.45, 7) is 6.01. The number of aliphatic carboxylic acids is 1. The second-order valence-corrected chi connectivity index (χ2v) is 5.09. The SMILES string of the molecule is CCOC(=O)C1(C(=O)O)OC[C@H](C(=O)OC(C)(C)C)O1. The van der Waals surface area contributed by atoms with Crippen LogP contribution in [0.3, 0.4) is 0 Å². The Bertz CT molecular complexity index is 410. The lowest BCUT2D eigenvalue weighted by molar-refractivity contribution is -0.223. The lowest BCUT2D eigenvalue weighted by atomic mass is 10.2. The van der Waals surface area contributed by atoms with Gasteiger partial charge in [0.25, 0.3) is 0 Å². The van der Waals surface area contributed by atoms with Crippen molar-refractivity contribution >= 4 is 17.9 Å². The first-order valence-electron chi connectivity index (χ1n) is 6.07. The van der Waals surface area contributed by atoms with Gasteiger partial charge in [-0.2, -0.15) is 0 Å². The van der Waals surface area contributed by atoms with Crippen LogP contribution in [0.2, 0.25) is 0 Å². The Morgan fingerprint density at radius 1 is 1.35 bits per heavy atom. The third-order valence-corrected chi connectivity index (χ3v) is 2.24. The van der Waals surface area contributed by atoms with Gasteiger partial charge >= 0.3 is 23.7 Å². The van der Waals surface area contributed by atoms with Crippen molar-refractivity contribution in [1.82, 2.24) is 0 Å². The van der Waals surface area contributed by atoms with Crippen molar-refractivity contribution in [2.45, 2.75) is 45.2 Å². The number of rotatable bonds is 4. The molecule has 1 saturated heterocycles. The van der Waals surface area contributed by atoms with Gasteiger partial charge in [0, 0.05) is 0 Å². The van der Waals surface area contributed by atoms with E-state index in [1.54, 1.807) is 20.8 Å². The molecule has 20 heavy (non-hydrogen) atoms. The molecule has 1 aliphatic heterocycles. The summed E-state index contributed by atoms with van der Waals surface area (Å²) in [6, 6.07) is 0. The van der Waals surface area contributed by atoms with Gasteiger partial charge in [-0.25, -0.2) is 14.4 Å². The first kappa shape index (κ1) is 16.4. The molecule has 0 aromatic rings. The zero-order valence-corrected chi connectivity index (χ0v) is 11.8. The number of carbonyl (C=O) groups excluding carboxylic acids is 2. The maximum absolute atomic E-state index is 11.8. The highest BCUT2D eigenvalue weighted by atomic mass is 16.8. The number of ether oxygens (including phenoxy) is 4. The molecular weight excluding hydrogens is 272 g/mol. The van der Waals surface area contributed by atoms with Gasteiger partial charge in [0.15, 0.2) is 6.10 Å². The van der Waals surface area contributed by atoms with Crippen LogP contribution in [0.15, 0.2) is 0 Å². The predicted octanol–water partition coefficient (Wildman–Crippen LogP) is 0.0875. The van der Waals surface area contributed by atoms with Crippen molar-refractivity contribution in [3.63, 3.8) is 0 Å². The topological polar surface area (TPSA) is 108 Å². The maximum Gasteiger partial charge on any atom is 0.379 e. The van der Waals surface area contributed by atoms with Gasteiger partial charge in [0.05, 0.1) is 13.2 Å². The highest BCUT2D eigenvalue weighted by molar-refractivity contribution is 6.01. The normalized spacial score (nSPS) is 26.1. The van der Waals surface area contributed by atoms with E-state index in [9.17, 15) is 14.4 Å². The van der Waals surface area contributed by atoms with Crippen LogP contribution in [-0.4, -0.2) is 53.7 Å². The molecule has 0 radical (unpaired) electrons. The largest absolute Gasteiger partial charge is 0.477 e. The average molecular weight is 290 g/mol. The lowest BCUT2D eigenvalue weighted by Crippen LogP contribution is -2.50. The Morgan fingerprint density at radius 3 is 2.40 bits per heavy atom. The van der Waals surface area contributed by atoms with Crippen molar-refractivity contribution < 1.29 is 38.4 Å². The molecule has 8 nitrogen and oxygen atoms in total. The minimum Gasteiger partial charge on any atom is -0.477 e. The molecule has 0 saturated carbocycles. The zero-order valence-electron chi connectivity index (χ0n) is 11.8. The highest BCUT2D eigenvalue weighted by Crippen LogP contribution is 2.27. The Labute approximate surface area is 115 Å². The number of hydrogen-bond acceptors (Lipinski definition) is 7. The maximum atomic E-state index is 11.8. The van der Waals surface area contributed by atoms with Crippen LogP contribution in [0.4, 0.5) is 0 Å². The Hall–Kier alpha value is -1.67. The van der Waals surface area contributed by atoms with Gasteiger partial charge in [0.2, 0.25) is 0 Å². The van der Waals surface area contributed by atoms with Crippen molar-refractivity contribution in [3.05, 3.63) is 0 Å². The second kappa shape index (κ2) is 5.76. The third-order valence-electron chi connectivity index (χ3n) is 2.24. The van der Waals surface area contributed by atoms with E-state index in [1.807, 2.05) is 0 Å². The van der Waals surface area contributed by atoms with Crippen LogP contribution in [0.1, 0.15) is 27.7 Å². The van der Waals surface area contributed by atoms with E-state index in [0.717, 1.165) is 0 Å². The number of carboxylic acids is 1. The van der Waals surface area contributed by atoms with Gasteiger partial charge in [-0.05, 0) is 27.7 Å². The molecule has 0 aromatic heterocycles. The van der Waals surface area contributed by atoms with Crippen LogP contribution in [-0.2, 0) is 33.3 Å². The summed E-state index contributed by atoms with van der Waals surface area (Å²) >= 11 is 0. The first-order valence-corrected chi connectivity index (χ1v) is 6.07. The monoisotopic (exact) mass is 290 g/mol. The van der Waals surface area contributed by atoms with E-state index in [-0.39, 0.29) is 6.61 Å². The van der Waals surface area contributed by atoms with Crippen molar-refractivity contribution in [2.75, 3.05) is 13.2 Å². The predicted molar refractivity (Wildman–Crippen MR) is 63.7 cm³/mol. The number of carboxylic acid groups (broad SMARTS) is 1. The molecule has 8 heteroatoms. The molecule has 0 spiro atoms. The molecule has 1 aliphatic rings. The molecule has 0 bridgehead atoms. The fraction of sp³-hybridized carbons (Fsp3) is 0.750. The highest BCUT2D eigenvalue weighted by Gasteiger charge is 2.59. The Morgan fingerprint density at radius 2 is 1.95 bits per heavy atom. The van der Waals surface area contributed by atoms with Crippen LogP contribution in [0, 0.1) is 0 Å². The third kappa shape index (κ3) is 3.45. The van der Waals surface area contributed by atoms with E-state index >= 15 is 0 Å². The van der Waals surface area contributed by atoms with Crippen LogP contribution in [0.25, 0.3) is 0 Å². The number of esters is 2. The summed E-state index contributed by atoms with van der Waals surface area (Å²) in [6.07, 6.45) is -1.30.